The van der Waals surface area contributed by atoms with E-state index in [0.29, 0.717) is 23.0 Å². The molecule has 0 aliphatic rings. The standard InChI is InChI=1S/C29H33N5O3/c1-19-17-23(11-13-25(19)21-7-9-22(10-8-21)28-30-20(2)37-32-28)29(35)31-24-12-14-27(36-6)26(18-24)34(5)16-15-33(3)4/h7-14,17-18H,15-16H2,1-6H3,(H,31,35). The molecule has 0 saturated carbocycles. The minimum absolute atomic E-state index is 0.162. The summed E-state index contributed by atoms with van der Waals surface area (Å²) in [5.41, 5.74) is 6.24. The molecule has 0 radical (unpaired) electrons. The van der Waals surface area contributed by atoms with E-state index >= 15 is 0 Å². The van der Waals surface area contributed by atoms with E-state index in [1.54, 1.807) is 14.0 Å². The van der Waals surface area contributed by atoms with E-state index < -0.39 is 0 Å². The minimum atomic E-state index is -0.162. The number of carbonyl (C=O) groups is 1. The minimum Gasteiger partial charge on any atom is -0.495 e. The van der Waals surface area contributed by atoms with Gasteiger partial charge in [0.1, 0.15) is 5.75 Å². The van der Waals surface area contributed by atoms with Crippen molar-refractivity contribution in [3.8, 4) is 28.3 Å². The molecule has 0 bridgehead atoms. The molecule has 37 heavy (non-hydrogen) atoms. The molecule has 8 nitrogen and oxygen atoms in total. The van der Waals surface area contributed by atoms with Gasteiger partial charge in [-0.05, 0) is 68.0 Å². The number of nitrogens with zero attached hydrogens (tertiary/aromatic N) is 4. The number of benzene rings is 3. The zero-order valence-corrected chi connectivity index (χ0v) is 22.2. The largest absolute Gasteiger partial charge is 0.495 e. The number of methoxy groups -OCH3 is 1. The molecule has 3 aromatic carbocycles. The van der Waals surface area contributed by atoms with Gasteiger partial charge in [-0.3, -0.25) is 4.79 Å². The van der Waals surface area contributed by atoms with Gasteiger partial charge in [0, 0.05) is 43.9 Å². The first-order valence-corrected chi connectivity index (χ1v) is 12.1. The number of carbonyl (C=O) groups excluding carboxylic acids is 1. The first-order valence-electron chi connectivity index (χ1n) is 12.1. The molecule has 1 heterocycles. The number of aryl methyl sites for hydroxylation is 2. The van der Waals surface area contributed by atoms with Crippen molar-refractivity contribution < 1.29 is 14.1 Å². The Hall–Kier alpha value is -4.17. The van der Waals surface area contributed by atoms with Gasteiger partial charge in [0.25, 0.3) is 5.91 Å². The third-order valence-corrected chi connectivity index (χ3v) is 6.20. The van der Waals surface area contributed by atoms with Gasteiger partial charge in [0.15, 0.2) is 0 Å². The van der Waals surface area contributed by atoms with Crippen LogP contribution in [0.4, 0.5) is 11.4 Å². The van der Waals surface area contributed by atoms with Crippen molar-refractivity contribution in [2.24, 2.45) is 0 Å². The van der Waals surface area contributed by atoms with E-state index in [4.69, 9.17) is 9.26 Å². The van der Waals surface area contributed by atoms with Gasteiger partial charge in [-0.15, -0.1) is 0 Å². The number of nitrogens with one attached hydrogen (secondary N) is 1. The van der Waals surface area contributed by atoms with Crippen LogP contribution in [0.3, 0.4) is 0 Å². The van der Waals surface area contributed by atoms with E-state index in [2.05, 4.69) is 25.3 Å². The lowest BCUT2D eigenvalue weighted by Gasteiger charge is -2.24. The number of hydrogen-bond donors (Lipinski definition) is 1. The molecule has 192 valence electrons. The maximum absolute atomic E-state index is 13.1. The van der Waals surface area contributed by atoms with Gasteiger partial charge in [-0.2, -0.15) is 4.98 Å². The normalized spacial score (nSPS) is 11.0. The van der Waals surface area contributed by atoms with Crippen LogP contribution in [0.1, 0.15) is 21.8 Å². The van der Waals surface area contributed by atoms with Crippen molar-refractivity contribution in [3.05, 3.63) is 77.7 Å². The lowest BCUT2D eigenvalue weighted by Crippen LogP contribution is -2.28. The summed E-state index contributed by atoms with van der Waals surface area (Å²) in [6, 6.07) is 19.4. The number of aromatic nitrogens is 2. The summed E-state index contributed by atoms with van der Waals surface area (Å²) >= 11 is 0. The molecule has 8 heteroatoms. The molecule has 0 atom stereocenters. The van der Waals surface area contributed by atoms with Gasteiger partial charge >= 0.3 is 0 Å². The highest BCUT2D eigenvalue weighted by Crippen LogP contribution is 2.31. The Morgan fingerprint density at radius 3 is 2.30 bits per heavy atom. The summed E-state index contributed by atoms with van der Waals surface area (Å²) in [4.78, 5) is 21.6. The molecule has 0 saturated heterocycles. The number of ether oxygens (including phenoxy) is 1. The molecule has 4 aromatic rings. The van der Waals surface area contributed by atoms with E-state index in [-0.39, 0.29) is 5.91 Å². The maximum Gasteiger partial charge on any atom is 0.255 e. The second kappa shape index (κ2) is 11.3. The SMILES string of the molecule is COc1ccc(NC(=O)c2ccc(-c3ccc(-c4noc(C)n4)cc3)c(C)c2)cc1N(C)CCN(C)C. The van der Waals surface area contributed by atoms with Crippen LogP contribution in [0.25, 0.3) is 22.5 Å². The average Bonchev–Trinajstić information content (AvgIpc) is 3.33. The quantitative estimate of drug-likeness (QED) is 0.335. The third kappa shape index (κ3) is 6.16. The maximum atomic E-state index is 13.1. The van der Waals surface area contributed by atoms with Crippen LogP contribution in [-0.2, 0) is 0 Å². The van der Waals surface area contributed by atoms with Gasteiger partial charge in [-0.25, -0.2) is 0 Å². The predicted octanol–water partition coefficient (Wildman–Crippen LogP) is 5.28. The summed E-state index contributed by atoms with van der Waals surface area (Å²) in [5.74, 6) is 1.70. The Kier molecular flexibility index (Phi) is 7.89. The topological polar surface area (TPSA) is 83.7 Å². The number of likely N-dealkylation sites (N-methyl/N-ethyl adjacent to an activating group) is 2. The lowest BCUT2D eigenvalue weighted by molar-refractivity contribution is 0.102. The smallest absolute Gasteiger partial charge is 0.255 e. The number of rotatable bonds is 9. The number of hydrogen-bond acceptors (Lipinski definition) is 7. The molecular weight excluding hydrogens is 466 g/mol. The third-order valence-electron chi connectivity index (χ3n) is 6.20. The Bertz CT molecular complexity index is 1380. The Morgan fingerprint density at radius 1 is 0.946 bits per heavy atom. The van der Waals surface area contributed by atoms with Crippen molar-refractivity contribution >= 4 is 17.3 Å². The summed E-state index contributed by atoms with van der Waals surface area (Å²) in [6.07, 6.45) is 0. The van der Waals surface area contributed by atoms with Crippen LogP contribution < -0.4 is 15.0 Å². The van der Waals surface area contributed by atoms with E-state index in [0.717, 1.165) is 46.8 Å². The molecular formula is C29H33N5O3. The zero-order chi connectivity index (χ0) is 26.5. The molecule has 0 aliphatic heterocycles. The van der Waals surface area contributed by atoms with Crippen LogP contribution in [0, 0.1) is 13.8 Å². The zero-order valence-electron chi connectivity index (χ0n) is 22.2. The van der Waals surface area contributed by atoms with Gasteiger partial charge in [0.2, 0.25) is 11.7 Å². The van der Waals surface area contributed by atoms with Crippen LogP contribution in [-0.4, -0.2) is 62.3 Å². The molecule has 0 fully saturated rings. The molecule has 0 unspecified atom stereocenters. The fourth-order valence-corrected chi connectivity index (χ4v) is 4.08. The molecule has 1 aromatic heterocycles. The van der Waals surface area contributed by atoms with Crippen LogP contribution in [0.5, 0.6) is 5.75 Å². The van der Waals surface area contributed by atoms with Gasteiger partial charge < -0.3 is 24.4 Å². The summed E-state index contributed by atoms with van der Waals surface area (Å²) in [6.45, 7) is 5.51. The Balaban J connectivity index is 1.49. The highest BCUT2D eigenvalue weighted by atomic mass is 16.5. The first-order chi connectivity index (χ1) is 17.7. The van der Waals surface area contributed by atoms with Crippen molar-refractivity contribution in [1.82, 2.24) is 15.0 Å². The number of amides is 1. The molecule has 1 amide bonds. The first kappa shape index (κ1) is 25.9. The Labute approximate surface area is 217 Å². The van der Waals surface area contributed by atoms with Crippen molar-refractivity contribution in [1.29, 1.82) is 0 Å². The van der Waals surface area contributed by atoms with Crippen LogP contribution in [0.15, 0.2) is 65.2 Å². The summed E-state index contributed by atoms with van der Waals surface area (Å²) in [5, 5.41) is 7.00. The molecule has 0 aliphatic carbocycles. The highest BCUT2D eigenvalue weighted by molar-refractivity contribution is 6.05. The molecule has 0 spiro atoms. The van der Waals surface area contributed by atoms with E-state index in [9.17, 15) is 4.79 Å². The van der Waals surface area contributed by atoms with E-state index in [1.807, 2.05) is 88.7 Å². The second-order valence-electron chi connectivity index (χ2n) is 9.31. The van der Waals surface area contributed by atoms with Gasteiger partial charge in [0.05, 0.1) is 12.8 Å². The lowest BCUT2D eigenvalue weighted by atomic mass is 9.97. The van der Waals surface area contributed by atoms with Crippen LogP contribution >= 0.6 is 0 Å². The van der Waals surface area contributed by atoms with Crippen molar-refractivity contribution in [2.75, 3.05) is 51.6 Å². The van der Waals surface area contributed by atoms with E-state index in [1.165, 1.54) is 0 Å². The summed E-state index contributed by atoms with van der Waals surface area (Å²) in [7, 11) is 7.76. The molecule has 1 N–H and O–H groups in total. The summed E-state index contributed by atoms with van der Waals surface area (Å²) < 4.78 is 10.6. The second-order valence-corrected chi connectivity index (χ2v) is 9.31. The van der Waals surface area contributed by atoms with Crippen molar-refractivity contribution in [2.45, 2.75) is 13.8 Å². The highest BCUT2D eigenvalue weighted by Gasteiger charge is 2.14. The average molecular weight is 500 g/mol. The Morgan fingerprint density at radius 2 is 1.68 bits per heavy atom. The monoisotopic (exact) mass is 499 g/mol. The van der Waals surface area contributed by atoms with Gasteiger partial charge in [-0.1, -0.05) is 35.5 Å². The fourth-order valence-electron chi connectivity index (χ4n) is 4.08. The fraction of sp³-hybridized carbons (Fsp3) is 0.276. The number of anilines is 2. The molecule has 4 rings (SSSR count). The van der Waals surface area contributed by atoms with Crippen molar-refractivity contribution in [3.63, 3.8) is 0 Å². The van der Waals surface area contributed by atoms with Crippen LogP contribution in [0.2, 0.25) is 0 Å². The predicted molar refractivity (Wildman–Crippen MR) is 147 cm³/mol.